The molecular weight excluding hydrogens is 176 g/mol. The van der Waals surface area contributed by atoms with E-state index < -0.39 is 0 Å². The van der Waals surface area contributed by atoms with Crippen molar-refractivity contribution in [2.45, 2.75) is 58.0 Å². The van der Waals surface area contributed by atoms with Crippen molar-refractivity contribution in [1.82, 2.24) is 10.6 Å². The number of unbranched alkanes of at least 4 members (excludes halogenated alkanes) is 1. The molecule has 1 rings (SSSR count). The Balaban J connectivity index is 2.18. The molecule has 1 unspecified atom stereocenters. The lowest BCUT2D eigenvalue weighted by molar-refractivity contribution is -0.123. The van der Waals surface area contributed by atoms with Crippen molar-refractivity contribution in [3.63, 3.8) is 0 Å². The van der Waals surface area contributed by atoms with Gasteiger partial charge in [-0.05, 0) is 32.7 Å². The molecule has 0 aliphatic carbocycles. The maximum absolute atomic E-state index is 11.6. The van der Waals surface area contributed by atoms with Gasteiger partial charge >= 0.3 is 0 Å². The second kappa shape index (κ2) is 6.02. The van der Waals surface area contributed by atoms with E-state index in [9.17, 15) is 4.79 Å². The molecule has 0 saturated carbocycles. The fraction of sp³-hybridized carbons (Fsp3) is 0.909. The van der Waals surface area contributed by atoms with E-state index in [1.54, 1.807) is 0 Å². The van der Waals surface area contributed by atoms with Gasteiger partial charge in [-0.15, -0.1) is 0 Å². The number of rotatable bonds is 5. The van der Waals surface area contributed by atoms with Crippen LogP contribution < -0.4 is 10.6 Å². The zero-order valence-electron chi connectivity index (χ0n) is 9.31. The molecule has 0 radical (unpaired) electrons. The number of amides is 1. The third-order valence-corrected chi connectivity index (χ3v) is 2.76. The van der Waals surface area contributed by atoms with E-state index in [0.29, 0.717) is 6.04 Å². The van der Waals surface area contributed by atoms with Crippen LogP contribution in [0.15, 0.2) is 0 Å². The molecule has 0 spiro atoms. The van der Waals surface area contributed by atoms with Crippen LogP contribution in [0.4, 0.5) is 0 Å². The largest absolute Gasteiger partial charge is 0.352 e. The molecule has 1 aliphatic heterocycles. The van der Waals surface area contributed by atoms with Crippen molar-refractivity contribution in [3.8, 4) is 0 Å². The second-order valence-electron chi connectivity index (χ2n) is 4.20. The van der Waals surface area contributed by atoms with Crippen LogP contribution in [0.1, 0.15) is 46.0 Å². The first-order valence-corrected chi connectivity index (χ1v) is 5.77. The van der Waals surface area contributed by atoms with Gasteiger partial charge in [0.05, 0.1) is 6.04 Å². The number of carbonyl (C=O) groups excluding carboxylic acids is 1. The standard InChI is InChI=1S/C11H22N2O/c1-3-4-6-9(2)13-11(14)10-7-5-8-12-10/h9-10,12H,3-8H2,1-2H3,(H,13,14)/t9?,10-/m0/s1. The molecule has 82 valence electrons. The van der Waals surface area contributed by atoms with Crippen molar-refractivity contribution in [2.75, 3.05) is 6.54 Å². The van der Waals surface area contributed by atoms with Crippen LogP contribution >= 0.6 is 0 Å². The molecule has 3 nitrogen and oxygen atoms in total. The van der Waals surface area contributed by atoms with Crippen molar-refractivity contribution >= 4 is 5.91 Å². The van der Waals surface area contributed by atoms with Gasteiger partial charge in [-0.25, -0.2) is 0 Å². The van der Waals surface area contributed by atoms with Gasteiger partial charge in [0.15, 0.2) is 0 Å². The maximum atomic E-state index is 11.6. The fourth-order valence-electron chi connectivity index (χ4n) is 1.83. The van der Waals surface area contributed by atoms with Gasteiger partial charge in [-0.2, -0.15) is 0 Å². The zero-order chi connectivity index (χ0) is 10.4. The minimum absolute atomic E-state index is 0.0686. The molecule has 0 bridgehead atoms. The van der Waals surface area contributed by atoms with E-state index >= 15 is 0 Å². The quantitative estimate of drug-likeness (QED) is 0.701. The molecule has 3 heteroatoms. The predicted octanol–water partition coefficient (Wildman–Crippen LogP) is 1.43. The molecule has 1 fully saturated rings. The highest BCUT2D eigenvalue weighted by Gasteiger charge is 2.22. The lowest BCUT2D eigenvalue weighted by Gasteiger charge is -2.16. The Bertz CT molecular complexity index is 176. The van der Waals surface area contributed by atoms with E-state index in [1.165, 1.54) is 12.8 Å². The second-order valence-corrected chi connectivity index (χ2v) is 4.20. The van der Waals surface area contributed by atoms with Crippen LogP contribution in [0.5, 0.6) is 0 Å². The predicted molar refractivity (Wildman–Crippen MR) is 58.2 cm³/mol. The molecule has 1 aliphatic rings. The maximum Gasteiger partial charge on any atom is 0.237 e. The molecule has 0 aromatic carbocycles. The topological polar surface area (TPSA) is 41.1 Å². The summed E-state index contributed by atoms with van der Waals surface area (Å²) in [5.74, 6) is 0.186. The van der Waals surface area contributed by atoms with E-state index in [2.05, 4.69) is 24.5 Å². The average Bonchev–Trinajstić information content (AvgIpc) is 2.67. The normalized spacial score (nSPS) is 23.4. The summed E-state index contributed by atoms with van der Waals surface area (Å²) >= 11 is 0. The zero-order valence-corrected chi connectivity index (χ0v) is 9.31. The molecule has 2 atom stereocenters. The third-order valence-electron chi connectivity index (χ3n) is 2.76. The fourth-order valence-corrected chi connectivity index (χ4v) is 1.83. The Morgan fingerprint density at radius 3 is 3.00 bits per heavy atom. The monoisotopic (exact) mass is 198 g/mol. The Morgan fingerprint density at radius 1 is 1.64 bits per heavy atom. The van der Waals surface area contributed by atoms with Crippen LogP contribution in [0.25, 0.3) is 0 Å². The molecule has 2 N–H and O–H groups in total. The van der Waals surface area contributed by atoms with E-state index in [-0.39, 0.29) is 11.9 Å². The summed E-state index contributed by atoms with van der Waals surface area (Å²) in [7, 11) is 0. The summed E-state index contributed by atoms with van der Waals surface area (Å²) in [5, 5.41) is 6.26. The number of hydrogen-bond donors (Lipinski definition) is 2. The molecule has 0 aromatic heterocycles. The lowest BCUT2D eigenvalue weighted by Crippen LogP contribution is -2.44. The summed E-state index contributed by atoms with van der Waals surface area (Å²) in [6.07, 6.45) is 5.60. The van der Waals surface area contributed by atoms with Gasteiger partial charge in [-0.3, -0.25) is 4.79 Å². The summed E-state index contributed by atoms with van der Waals surface area (Å²) in [6, 6.07) is 0.393. The van der Waals surface area contributed by atoms with Gasteiger partial charge in [0.2, 0.25) is 5.91 Å². The Labute approximate surface area is 86.6 Å². The van der Waals surface area contributed by atoms with Crippen LogP contribution in [0, 0.1) is 0 Å². The highest BCUT2D eigenvalue weighted by molar-refractivity contribution is 5.82. The molecule has 1 amide bonds. The van der Waals surface area contributed by atoms with Crippen LogP contribution in [0.2, 0.25) is 0 Å². The Morgan fingerprint density at radius 2 is 2.43 bits per heavy atom. The van der Waals surface area contributed by atoms with Gasteiger partial charge in [0.1, 0.15) is 0 Å². The molecule has 1 saturated heterocycles. The van der Waals surface area contributed by atoms with Gasteiger partial charge in [0.25, 0.3) is 0 Å². The summed E-state index contributed by atoms with van der Waals surface area (Å²) in [5.41, 5.74) is 0. The average molecular weight is 198 g/mol. The number of nitrogens with one attached hydrogen (secondary N) is 2. The van der Waals surface area contributed by atoms with Crippen LogP contribution in [0.3, 0.4) is 0 Å². The first kappa shape index (κ1) is 11.5. The third kappa shape index (κ3) is 3.66. The summed E-state index contributed by atoms with van der Waals surface area (Å²) < 4.78 is 0. The van der Waals surface area contributed by atoms with Crippen molar-refractivity contribution in [3.05, 3.63) is 0 Å². The molecule has 1 heterocycles. The Kier molecular flexibility index (Phi) is 4.94. The highest BCUT2D eigenvalue weighted by atomic mass is 16.2. The summed E-state index contributed by atoms with van der Waals surface area (Å²) in [6.45, 7) is 5.25. The smallest absolute Gasteiger partial charge is 0.237 e. The molecular formula is C11H22N2O. The van der Waals surface area contributed by atoms with Crippen molar-refractivity contribution < 1.29 is 4.79 Å². The summed E-state index contributed by atoms with van der Waals surface area (Å²) in [4.78, 5) is 11.6. The van der Waals surface area contributed by atoms with Crippen molar-refractivity contribution in [1.29, 1.82) is 0 Å². The van der Waals surface area contributed by atoms with Gasteiger partial charge in [-0.1, -0.05) is 19.8 Å². The van der Waals surface area contributed by atoms with E-state index in [4.69, 9.17) is 0 Å². The first-order valence-electron chi connectivity index (χ1n) is 5.77. The highest BCUT2D eigenvalue weighted by Crippen LogP contribution is 2.06. The van der Waals surface area contributed by atoms with Crippen molar-refractivity contribution in [2.24, 2.45) is 0 Å². The first-order chi connectivity index (χ1) is 6.74. The minimum atomic E-state index is 0.0686. The molecule has 0 aromatic rings. The van der Waals surface area contributed by atoms with Crippen LogP contribution in [-0.2, 0) is 4.79 Å². The van der Waals surface area contributed by atoms with E-state index in [1.807, 2.05) is 0 Å². The van der Waals surface area contributed by atoms with Gasteiger partial charge < -0.3 is 10.6 Å². The molecule has 14 heavy (non-hydrogen) atoms. The SMILES string of the molecule is CCCCC(C)NC(=O)[C@@H]1CCCN1. The van der Waals surface area contributed by atoms with E-state index in [0.717, 1.165) is 25.8 Å². The Hall–Kier alpha value is -0.570. The number of carbonyl (C=O) groups is 1. The lowest BCUT2D eigenvalue weighted by atomic mass is 10.1. The number of hydrogen-bond acceptors (Lipinski definition) is 2. The van der Waals surface area contributed by atoms with Gasteiger partial charge in [0, 0.05) is 6.04 Å². The minimum Gasteiger partial charge on any atom is -0.352 e. The van der Waals surface area contributed by atoms with Crippen LogP contribution in [-0.4, -0.2) is 24.5 Å².